The molecule has 0 radical (unpaired) electrons. The molecule has 0 spiro atoms. The van der Waals surface area contributed by atoms with Crippen molar-refractivity contribution in [3.05, 3.63) is 90.0 Å². The number of hydrogen-bond acceptors (Lipinski definition) is 5. The Kier molecular flexibility index (Phi) is 8.28. The fourth-order valence-electron chi connectivity index (χ4n) is 4.71. The minimum Gasteiger partial charge on any atom is -0.496 e. The van der Waals surface area contributed by atoms with E-state index in [4.69, 9.17) is 4.74 Å². The highest BCUT2D eigenvalue weighted by Crippen LogP contribution is 2.31. The molecule has 190 valence electrons. The van der Waals surface area contributed by atoms with Gasteiger partial charge in [0.05, 0.1) is 23.7 Å². The van der Waals surface area contributed by atoms with Crippen molar-refractivity contribution in [2.75, 3.05) is 37.6 Å². The van der Waals surface area contributed by atoms with Gasteiger partial charge in [-0.05, 0) is 75.3 Å². The number of nitrogens with one attached hydrogen (secondary N) is 1. The predicted molar refractivity (Wildman–Crippen MR) is 142 cm³/mol. The number of ether oxygens (including phenoxy) is 1. The Morgan fingerprint density at radius 2 is 1.61 bits per heavy atom. The van der Waals surface area contributed by atoms with Crippen molar-refractivity contribution < 1.29 is 17.9 Å². The number of likely N-dealkylation sites (tertiary alicyclic amines) is 1. The van der Waals surface area contributed by atoms with Crippen LogP contribution in [0.25, 0.3) is 0 Å². The lowest BCUT2D eigenvalue weighted by Crippen LogP contribution is -2.37. The molecular weight excluding hydrogens is 474 g/mol. The van der Waals surface area contributed by atoms with E-state index < -0.39 is 10.0 Å². The van der Waals surface area contributed by atoms with Crippen molar-refractivity contribution in [3.63, 3.8) is 0 Å². The van der Waals surface area contributed by atoms with Gasteiger partial charge in [-0.15, -0.1) is 0 Å². The number of benzene rings is 3. The largest absolute Gasteiger partial charge is 0.496 e. The number of methoxy groups -OCH3 is 1. The molecule has 1 aliphatic rings. The van der Waals surface area contributed by atoms with Crippen LogP contribution in [-0.2, 0) is 10.0 Å². The van der Waals surface area contributed by atoms with Gasteiger partial charge in [0.1, 0.15) is 5.75 Å². The topological polar surface area (TPSA) is 79.0 Å². The molecule has 0 aromatic heterocycles. The smallest absolute Gasteiger partial charge is 0.264 e. The van der Waals surface area contributed by atoms with Crippen LogP contribution in [0, 0.1) is 0 Å². The number of nitrogens with zero attached hydrogens (tertiary/aromatic N) is 2. The molecule has 8 heteroatoms. The average molecular weight is 508 g/mol. The molecule has 1 fully saturated rings. The van der Waals surface area contributed by atoms with Gasteiger partial charge in [0, 0.05) is 24.2 Å². The van der Waals surface area contributed by atoms with Gasteiger partial charge < -0.3 is 10.1 Å². The monoisotopic (exact) mass is 507 g/mol. The van der Waals surface area contributed by atoms with E-state index in [9.17, 15) is 13.2 Å². The molecule has 1 heterocycles. The standard InChI is InChI=1S/C28H33N3O4S/c1-3-31(23-11-5-4-6-12-23)36(33,34)24-17-15-22(16-18-24)28(32)29-21-26(30-19-9-10-20-30)25-13-7-8-14-27(25)35-2/h4-8,11-18,26H,3,9-10,19-21H2,1-2H3,(H,29,32)/t26-/m1/s1. The summed E-state index contributed by atoms with van der Waals surface area (Å²) in [5, 5.41) is 3.05. The van der Waals surface area contributed by atoms with Crippen molar-refractivity contribution in [3.8, 4) is 5.75 Å². The van der Waals surface area contributed by atoms with Crippen molar-refractivity contribution in [2.45, 2.75) is 30.7 Å². The van der Waals surface area contributed by atoms with Crippen LogP contribution in [0.15, 0.2) is 83.8 Å². The molecule has 7 nitrogen and oxygen atoms in total. The van der Waals surface area contributed by atoms with E-state index >= 15 is 0 Å². The number of para-hydroxylation sites is 2. The number of carbonyl (C=O) groups excluding carboxylic acids is 1. The molecule has 1 saturated heterocycles. The minimum absolute atomic E-state index is 0.00349. The molecule has 0 bridgehead atoms. The van der Waals surface area contributed by atoms with E-state index in [1.165, 1.54) is 16.4 Å². The van der Waals surface area contributed by atoms with Crippen molar-refractivity contribution in [2.24, 2.45) is 0 Å². The van der Waals surface area contributed by atoms with Gasteiger partial charge in [-0.1, -0.05) is 36.4 Å². The van der Waals surface area contributed by atoms with Gasteiger partial charge in [0.25, 0.3) is 15.9 Å². The summed E-state index contributed by atoms with van der Waals surface area (Å²) in [6.45, 7) is 4.47. The third-order valence-electron chi connectivity index (χ3n) is 6.57. The van der Waals surface area contributed by atoms with E-state index in [0.717, 1.165) is 37.2 Å². The number of anilines is 1. The minimum atomic E-state index is -3.75. The first-order chi connectivity index (χ1) is 17.5. The van der Waals surface area contributed by atoms with Gasteiger partial charge in [-0.3, -0.25) is 14.0 Å². The molecule has 1 aliphatic heterocycles. The molecule has 1 N–H and O–H groups in total. The van der Waals surface area contributed by atoms with Crippen molar-refractivity contribution >= 4 is 21.6 Å². The predicted octanol–water partition coefficient (Wildman–Crippen LogP) is 4.48. The zero-order chi connectivity index (χ0) is 25.5. The van der Waals surface area contributed by atoms with E-state index in [2.05, 4.69) is 10.2 Å². The van der Waals surface area contributed by atoms with E-state index in [1.54, 1.807) is 50.4 Å². The van der Waals surface area contributed by atoms with E-state index in [-0.39, 0.29) is 16.8 Å². The molecule has 0 saturated carbocycles. The van der Waals surface area contributed by atoms with Crippen LogP contribution in [0.1, 0.15) is 41.7 Å². The number of amides is 1. The lowest BCUT2D eigenvalue weighted by molar-refractivity contribution is 0.0937. The summed E-state index contributed by atoms with van der Waals surface area (Å²) in [5.41, 5.74) is 2.06. The first-order valence-electron chi connectivity index (χ1n) is 12.3. The Hall–Kier alpha value is -3.36. The first kappa shape index (κ1) is 25.7. The average Bonchev–Trinajstić information content (AvgIpc) is 3.45. The van der Waals surface area contributed by atoms with E-state index in [1.807, 2.05) is 30.3 Å². The third kappa shape index (κ3) is 5.55. The normalized spacial score (nSPS) is 14.8. The number of hydrogen-bond donors (Lipinski definition) is 1. The lowest BCUT2D eigenvalue weighted by Gasteiger charge is -2.29. The number of rotatable bonds is 10. The highest BCUT2D eigenvalue weighted by molar-refractivity contribution is 7.92. The van der Waals surface area contributed by atoms with Crippen LogP contribution in [0.2, 0.25) is 0 Å². The summed E-state index contributed by atoms with van der Waals surface area (Å²) < 4.78 is 33.4. The Morgan fingerprint density at radius 1 is 0.972 bits per heavy atom. The molecule has 1 atom stereocenters. The Labute approximate surface area is 213 Å². The molecule has 36 heavy (non-hydrogen) atoms. The highest BCUT2D eigenvalue weighted by Gasteiger charge is 2.27. The summed E-state index contributed by atoms with van der Waals surface area (Å²) >= 11 is 0. The van der Waals surface area contributed by atoms with Crippen LogP contribution in [0.4, 0.5) is 5.69 Å². The maximum absolute atomic E-state index is 13.2. The first-order valence-corrected chi connectivity index (χ1v) is 13.7. The second kappa shape index (κ2) is 11.6. The Balaban J connectivity index is 1.49. The fraction of sp³-hybridized carbons (Fsp3) is 0.321. The maximum atomic E-state index is 13.2. The van der Waals surface area contributed by atoms with Crippen LogP contribution >= 0.6 is 0 Å². The lowest BCUT2D eigenvalue weighted by atomic mass is 10.0. The second-order valence-electron chi connectivity index (χ2n) is 8.74. The summed E-state index contributed by atoms with van der Waals surface area (Å²) in [7, 11) is -2.09. The third-order valence-corrected chi connectivity index (χ3v) is 8.49. The summed E-state index contributed by atoms with van der Waals surface area (Å²) in [5.74, 6) is 0.561. The molecule has 3 aromatic rings. The molecule has 0 unspecified atom stereocenters. The number of carbonyl (C=O) groups is 1. The van der Waals surface area contributed by atoms with E-state index in [0.29, 0.717) is 24.3 Å². The summed E-state index contributed by atoms with van der Waals surface area (Å²) in [6.07, 6.45) is 2.26. The van der Waals surface area contributed by atoms with Crippen LogP contribution in [0.5, 0.6) is 5.75 Å². The Bertz CT molecular complexity index is 1260. The Morgan fingerprint density at radius 3 is 2.25 bits per heavy atom. The van der Waals surface area contributed by atoms with Gasteiger partial charge in [0.15, 0.2) is 0 Å². The fourth-order valence-corrected chi connectivity index (χ4v) is 6.19. The van der Waals surface area contributed by atoms with Crippen LogP contribution in [-0.4, -0.2) is 52.5 Å². The molecule has 1 amide bonds. The molecule has 0 aliphatic carbocycles. The zero-order valence-corrected chi connectivity index (χ0v) is 21.6. The van der Waals surface area contributed by atoms with Crippen LogP contribution < -0.4 is 14.4 Å². The quantitative estimate of drug-likeness (QED) is 0.438. The highest BCUT2D eigenvalue weighted by atomic mass is 32.2. The maximum Gasteiger partial charge on any atom is 0.264 e. The van der Waals surface area contributed by atoms with Crippen molar-refractivity contribution in [1.82, 2.24) is 10.2 Å². The zero-order valence-electron chi connectivity index (χ0n) is 20.8. The van der Waals surface area contributed by atoms with Gasteiger partial charge >= 0.3 is 0 Å². The molecular formula is C28H33N3O4S. The van der Waals surface area contributed by atoms with Gasteiger partial charge in [-0.25, -0.2) is 8.42 Å². The number of sulfonamides is 1. The summed E-state index contributed by atoms with van der Waals surface area (Å²) in [6, 6.07) is 23.0. The van der Waals surface area contributed by atoms with Gasteiger partial charge in [0.2, 0.25) is 0 Å². The SMILES string of the molecule is CCN(c1ccccc1)S(=O)(=O)c1ccc(C(=O)NC[C@H](c2ccccc2OC)N2CCCC2)cc1. The molecule has 4 rings (SSSR count). The van der Waals surface area contributed by atoms with Gasteiger partial charge in [-0.2, -0.15) is 0 Å². The summed E-state index contributed by atoms with van der Waals surface area (Å²) in [4.78, 5) is 15.5. The second-order valence-corrected chi connectivity index (χ2v) is 10.6. The molecule has 3 aromatic carbocycles. The van der Waals surface area contributed by atoms with Crippen LogP contribution in [0.3, 0.4) is 0 Å². The van der Waals surface area contributed by atoms with Crippen molar-refractivity contribution in [1.29, 1.82) is 0 Å².